The Labute approximate surface area is 93.5 Å². The summed E-state index contributed by atoms with van der Waals surface area (Å²) in [5.41, 5.74) is 3.20. The fraction of sp³-hybridized carbons (Fsp3) is 0.0714. The first-order chi connectivity index (χ1) is 7.70. The number of hydrogen-bond donors (Lipinski definition) is 0. The van der Waals surface area contributed by atoms with Gasteiger partial charge in [-0.25, -0.2) is 4.39 Å². The molecule has 2 heteroatoms. The number of rotatable bonds is 2. The minimum Gasteiger partial charge on any atom is -0.298 e. The molecule has 0 unspecified atom stereocenters. The van der Waals surface area contributed by atoms with Gasteiger partial charge in [0.1, 0.15) is 12.1 Å². The second-order valence-corrected chi connectivity index (χ2v) is 3.70. The van der Waals surface area contributed by atoms with Crippen molar-refractivity contribution in [2.24, 2.45) is 0 Å². The Morgan fingerprint density at radius 2 is 1.62 bits per heavy atom. The third kappa shape index (κ3) is 2.01. The van der Waals surface area contributed by atoms with Gasteiger partial charge in [0.25, 0.3) is 0 Å². The van der Waals surface area contributed by atoms with Crippen molar-refractivity contribution in [2.75, 3.05) is 0 Å². The highest BCUT2D eigenvalue weighted by atomic mass is 19.1. The van der Waals surface area contributed by atoms with Crippen molar-refractivity contribution < 1.29 is 9.18 Å². The molecular formula is C14H11FO. The van der Waals surface area contributed by atoms with Crippen molar-refractivity contribution in [3.8, 4) is 11.1 Å². The zero-order chi connectivity index (χ0) is 11.5. The summed E-state index contributed by atoms with van der Waals surface area (Å²) in [5.74, 6) is -0.201. The van der Waals surface area contributed by atoms with Gasteiger partial charge in [-0.05, 0) is 35.7 Å². The fourth-order valence-corrected chi connectivity index (χ4v) is 1.58. The Balaban J connectivity index is 2.42. The molecule has 2 aromatic rings. The van der Waals surface area contributed by atoms with Gasteiger partial charge in [-0.15, -0.1) is 0 Å². The van der Waals surface area contributed by atoms with Gasteiger partial charge in [0, 0.05) is 5.56 Å². The third-order valence-electron chi connectivity index (χ3n) is 2.54. The maximum Gasteiger partial charge on any atom is 0.150 e. The molecule has 2 aromatic carbocycles. The number of carbonyl (C=O) groups is 1. The number of carbonyl (C=O) groups excluding carboxylic acids is 1. The van der Waals surface area contributed by atoms with E-state index in [4.69, 9.17) is 0 Å². The largest absolute Gasteiger partial charge is 0.298 e. The van der Waals surface area contributed by atoms with E-state index in [9.17, 15) is 9.18 Å². The lowest BCUT2D eigenvalue weighted by atomic mass is 10.0. The minimum atomic E-state index is -0.201. The van der Waals surface area contributed by atoms with E-state index in [0.29, 0.717) is 11.1 Å². The molecule has 0 fully saturated rings. The maximum absolute atomic E-state index is 13.1. The van der Waals surface area contributed by atoms with E-state index >= 15 is 0 Å². The first-order valence-corrected chi connectivity index (χ1v) is 5.02. The summed E-state index contributed by atoms with van der Waals surface area (Å²) in [7, 11) is 0. The summed E-state index contributed by atoms with van der Waals surface area (Å²) in [5, 5.41) is 0. The van der Waals surface area contributed by atoms with E-state index in [1.54, 1.807) is 31.2 Å². The topological polar surface area (TPSA) is 17.1 Å². The molecule has 0 spiro atoms. The summed E-state index contributed by atoms with van der Waals surface area (Å²) in [6.45, 7) is 1.73. The van der Waals surface area contributed by atoms with Crippen LogP contribution in [-0.4, -0.2) is 6.29 Å². The zero-order valence-corrected chi connectivity index (χ0v) is 8.91. The molecule has 0 atom stereocenters. The van der Waals surface area contributed by atoms with Crippen LogP contribution in [0.4, 0.5) is 4.39 Å². The Bertz CT molecular complexity index is 515. The predicted molar refractivity (Wildman–Crippen MR) is 62.0 cm³/mol. The van der Waals surface area contributed by atoms with Crippen LogP contribution in [0.15, 0.2) is 42.5 Å². The number of hydrogen-bond acceptors (Lipinski definition) is 1. The Morgan fingerprint density at radius 1 is 1.00 bits per heavy atom. The van der Waals surface area contributed by atoms with Crippen molar-refractivity contribution in [1.29, 1.82) is 0 Å². The van der Waals surface area contributed by atoms with Gasteiger partial charge in [-0.2, -0.15) is 0 Å². The summed E-state index contributed by atoms with van der Waals surface area (Å²) in [4.78, 5) is 10.5. The van der Waals surface area contributed by atoms with Crippen molar-refractivity contribution in [3.05, 3.63) is 59.4 Å². The third-order valence-corrected chi connectivity index (χ3v) is 2.54. The van der Waals surface area contributed by atoms with Gasteiger partial charge in [0.05, 0.1) is 0 Å². The van der Waals surface area contributed by atoms with Gasteiger partial charge in [0.15, 0.2) is 0 Å². The van der Waals surface area contributed by atoms with Gasteiger partial charge in [-0.3, -0.25) is 4.79 Å². The molecule has 0 saturated heterocycles. The van der Waals surface area contributed by atoms with Crippen molar-refractivity contribution >= 4 is 6.29 Å². The molecule has 0 heterocycles. The Kier molecular flexibility index (Phi) is 2.82. The van der Waals surface area contributed by atoms with E-state index in [2.05, 4.69) is 0 Å². The van der Waals surface area contributed by atoms with Gasteiger partial charge < -0.3 is 0 Å². The van der Waals surface area contributed by atoms with E-state index in [1.807, 2.05) is 12.1 Å². The molecule has 0 amide bonds. The lowest BCUT2D eigenvalue weighted by Gasteiger charge is -2.04. The second-order valence-electron chi connectivity index (χ2n) is 3.70. The number of aryl methyl sites for hydroxylation is 1. The van der Waals surface area contributed by atoms with Crippen LogP contribution in [-0.2, 0) is 0 Å². The summed E-state index contributed by atoms with van der Waals surface area (Å²) >= 11 is 0. The molecule has 0 aliphatic rings. The fourth-order valence-electron chi connectivity index (χ4n) is 1.58. The summed E-state index contributed by atoms with van der Waals surface area (Å²) < 4.78 is 13.1. The first-order valence-electron chi connectivity index (χ1n) is 5.02. The van der Waals surface area contributed by atoms with Crippen LogP contribution in [0.2, 0.25) is 0 Å². The van der Waals surface area contributed by atoms with Crippen LogP contribution in [0.3, 0.4) is 0 Å². The van der Waals surface area contributed by atoms with Crippen LogP contribution >= 0.6 is 0 Å². The molecule has 0 aliphatic heterocycles. The molecule has 0 saturated carbocycles. The SMILES string of the molecule is Cc1cc(-c2ccc(C=O)cc2)ccc1F. The van der Waals surface area contributed by atoms with Crippen molar-refractivity contribution in [3.63, 3.8) is 0 Å². The van der Waals surface area contributed by atoms with Crippen LogP contribution in [0.5, 0.6) is 0 Å². The molecular weight excluding hydrogens is 203 g/mol. The second kappa shape index (κ2) is 4.27. The maximum atomic E-state index is 13.1. The summed E-state index contributed by atoms with van der Waals surface area (Å²) in [6.07, 6.45) is 0.805. The van der Waals surface area contributed by atoms with Crippen molar-refractivity contribution in [1.82, 2.24) is 0 Å². The predicted octanol–water partition coefficient (Wildman–Crippen LogP) is 3.61. The van der Waals surface area contributed by atoms with Crippen LogP contribution in [0.1, 0.15) is 15.9 Å². The quantitative estimate of drug-likeness (QED) is 0.698. The standard InChI is InChI=1S/C14H11FO/c1-10-8-13(6-7-14(10)15)12-4-2-11(9-16)3-5-12/h2-9H,1H3. The monoisotopic (exact) mass is 214 g/mol. The zero-order valence-electron chi connectivity index (χ0n) is 8.91. The number of benzene rings is 2. The molecule has 80 valence electrons. The molecule has 1 nitrogen and oxygen atoms in total. The van der Waals surface area contributed by atoms with Gasteiger partial charge in [0.2, 0.25) is 0 Å². The summed E-state index contributed by atoms with van der Waals surface area (Å²) in [6, 6.07) is 12.2. The first kappa shape index (κ1) is 10.6. The highest BCUT2D eigenvalue weighted by molar-refractivity contribution is 5.77. The number of aldehydes is 1. The molecule has 0 aromatic heterocycles. The highest BCUT2D eigenvalue weighted by Gasteiger charge is 2.01. The highest BCUT2D eigenvalue weighted by Crippen LogP contribution is 2.21. The lowest BCUT2D eigenvalue weighted by Crippen LogP contribution is -1.85. The average Bonchev–Trinajstić information content (AvgIpc) is 2.33. The van der Waals surface area contributed by atoms with Gasteiger partial charge in [-0.1, -0.05) is 30.3 Å². The average molecular weight is 214 g/mol. The van der Waals surface area contributed by atoms with Crippen LogP contribution < -0.4 is 0 Å². The normalized spacial score (nSPS) is 10.1. The smallest absolute Gasteiger partial charge is 0.150 e. The Hall–Kier alpha value is -1.96. The van der Waals surface area contributed by atoms with E-state index in [0.717, 1.165) is 17.4 Å². The molecule has 0 radical (unpaired) electrons. The molecule has 16 heavy (non-hydrogen) atoms. The van der Waals surface area contributed by atoms with E-state index < -0.39 is 0 Å². The van der Waals surface area contributed by atoms with Crippen LogP contribution in [0, 0.1) is 12.7 Å². The molecule has 0 N–H and O–H groups in total. The molecule has 2 rings (SSSR count). The van der Waals surface area contributed by atoms with Gasteiger partial charge >= 0.3 is 0 Å². The molecule has 0 bridgehead atoms. The van der Waals surface area contributed by atoms with E-state index in [1.165, 1.54) is 6.07 Å². The Morgan fingerprint density at radius 3 is 2.19 bits per heavy atom. The number of halogens is 1. The minimum absolute atomic E-state index is 0.201. The van der Waals surface area contributed by atoms with Crippen LogP contribution in [0.25, 0.3) is 11.1 Å². The van der Waals surface area contributed by atoms with Crippen molar-refractivity contribution in [2.45, 2.75) is 6.92 Å². The van der Waals surface area contributed by atoms with E-state index in [-0.39, 0.29) is 5.82 Å². The lowest BCUT2D eigenvalue weighted by molar-refractivity contribution is 0.112. The molecule has 0 aliphatic carbocycles.